The molecule has 0 radical (unpaired) electrons. The minimum atomic E-state index is -3.64. The summed E-state index contributed by atoms with van der Waals surface area (Å²) in [5.41, 5.74) is -0.413. The lowest BCUT2D eigenvalue weighted by molar-refractivity contribution is 0.218. The van der Waals surface area contributed by atoms with Crippen LogP contribution in [0, 0.1) is 22.6 Å². The fraction of sp³-hybridized carbons (Fsp3) is 0.500. The van der Waals surface area contributed by atoms with Crippen LogP contribution in [0.25, 0.3) is 0 Å². The number of hydrogen-bond donors (Lipinski definition) is 0. The Morgan fingerprint density at radius 2 is 2.24 bits per heavy atom. The van der Waals surface area contributed by atoms with Crippen LogP contribution in [0.3, 0.4) is 0 Å². The van der Waals surface area contributed by atoms with Crippen LogP contribution in [-0.4, -0.2) is 26.8 Å². The van der Waals surface area contributed by atoms with Gasteiger partial charge in [-0.25, -0.2) is 12.8 Å². The molecule has 1 aliphatic heterocycles. The van der Waals surface area contributed by atoms with E-state index in [0.29, 0.717) is 18.5 Å². The van der Waals surface area contributed by atoms with Gasteiger partial charge in [-0.3, -0.25) is 4.31 Å². The number of halogens is 1. The lowest BCUT2D eigenvalue weighted by atomic mass is 10.2. The molecular formula is C14H15FN2O3S. The van der Waals surface area contributed by atoms with Crippen LogP contribution >= 0.6 is 0 Å². The van der Waals surface area contributed by atoms with E-state index in [1.165, 1.54) is 22.5 Å². The molecule has 1 aromatic carbocycles. The summed E-state index contributed by atoms with van der Waals surface area (Å²) in [4.78, 5) is 0. The van der Waals surface area contributed by atoms with Crippen molar-refractivity contribution in [2.75, 3.05) is 16.6 Å². The normalized spacial score (nSPS) is 22.9. The smallest absolute Gasteiger partial charge is 0.236 e. The molecule has 0 amide bonds. The number of benzene rings is 1. The molecule has 1 aromatic rings. The van der Waals surface area contributed by atoms with E-state index in [9.17, 15) is 12.8 Å². The molecule has 1 saturated carbocycles. The van der Waals surface area contributed by atoms with Crippen molar-refractivity contribution in [3.8, 4) is 11.8 Å². The summed E-state index contributed by atoms with van der Waals surface area (Å²) in [7, 11) is -3.64. The Morgan fingerprint density at radius 3 is 2.86 bits per heavy atom. The maximum absolute atomic E-state index is 13.3. The summed E-state index contributed by atoms with van der Waals surface area (Å²) in [5.74, 6) is -0.449. The van der Waals surface area contributed by atoms with Gasteiger partial charge in [0.25, 0.3) is 0 Å². The summed E-state index contributed by atoms with van der Waals surface area (Å²) < 4.78 is 45.3. The zero-order chi connectivity index (χ0) is 15.3. The van der Waals surface area contributed by atoms with Crippen molar-refractivity contribution in [3.63, 3.8) is 0 Å². The molecule has 1 unspecified atom stereocenters. The monoisotopic (exact) mass is 310 g/mol. The van der Waals surface area contributed by atoms with E-state index in [2.05, 4.69) is 6.07 Å². The van der Waals surface area contributed by atoms with E-state index >= 15 is 0 Å². The summed E-state index contributed by atoms with van der Waals surface area (Å²) in [5, 5.41) is 9.09. The number of ether oxygens (including phenoxy) is 1. The highest BCUT2D eigenvalue weighted by Gasteiger charge is 2.49. The van der Waals surface area contributed by atoms with Crippen molar-refractivity contribution in [2.24, 2.45) is 5.41 Å². The Labute approximate surface area is 123 Å². The number of rotatable bonds is 3. The van der Waals surface area contributed by atoms with Crippen LogP contribution in [0.15, 0.2) is 18.2 Å². The summed E-state index contributed by atoms with van der Waals surface area (Å²) in [6, 6.07) is 5.89. The Balaban J connectivity index is 1.97. The zero-order valence-corrected chi connectivity index (χ0v) is 12.4. The first kappa shape index (κ1) is 14.1. The Bertz CT molecular complexity index is 722. The van der Waals surface area contributed by atoms with Gasteiger partial charge in [-0.05, 0) is 31.9 Å². The van der Waals surface area contributed by atoms with E-state index in [1.54, 1.807) is 6.92 Å². The first-order valence-electron chi connectivity index (χ1n) is 6.73. The second kappa shape index (κ2) is 4.60. The highest BCUT2D eigenvalue weighted by atomic mass is 32.2. The third-order valence-corrected chi connectivity index (χ3v) is 5.76. The third-order valence-electron chi connectivity index (χ3n) is 3.83. The summed E-state index contributed by atoms with van der Waals surface area (Å²) in [6.45, 7) is 1.90. The van der Waals surface area contributed by atoms with Gasteiger partial charge in [0.05, 0.1) is 29.5 Å². The van der Waals surface area contributed by atoms with E-state index in [0.717, 1.165) is 0 Å². The maximum atomic E-state index is 13.3. The van der Waals surface area contributed by atoms with Crippen LogP contribution in [-0.2, 0) is 10.0 Å². The van der Waals surface area contributed by atoms with Gasteiger partial charge in [0.15, 0.2) is 0 Å². The number of anilines is 1. The molecular weight excluding hydrogens is 295 g/mol. The Hall–Kier alpha value is -1.81. The highest BCUT2D eigenvalue weighted by molar-refractivity contribution is 7.92. The van der Waals surface area contributed by atoms with Crippen LogP contribution in [0.4, 0.5) is 10.1 Å². The number of nitriles is 1. The minimum Gasteiger partial charge on any atom is -0.487 e. The molecule has 1 atom stereocenters. The number of fused-ring (bicyclic) bond motifs is 1. The first-order chi connectivity index (χ1) is 9.85. The topological polar surface area (TPSA) is 70.4 Å². The molecule has 5 nitrogen and oxygen atoms in total. The highest BCUT2D eigenvalue weighted by Crippen LogP contribution is 2.47. The second-order valence-corrected chi connectivity index (χ2v) is 7.61. The second-order valence-electron chi connectivity index (χ2n) is 5.72. The van der Waals surface area contributed by atoms with Crippen LogP contribution in [0.1, 0.15) is 19.8 Å². The Kier molecular flexibility index (Phi) is 3.10. The zero-order valence-electron chi connectivity index (χ0n) is 11.5. The molecule has 1 fully saturated rings. The number of nitrogens with zero attached hydrogens (tertiary/aromatic N) is 2. The van der Waals surface area contributed by atoms with Crippen molar-refractivity contribution >= 4 is 15.7 Å². The van der Waals surface area contributed by atoms with Crippen molar-refractivity contribution in [1.82, 2.24) is 0 Å². The summed E-state index contributed by atoms with van der Waals surface area (Å²) >= 11 is 0. The first-order valence-corrected chi connectivity index (χ1v) is 8.34. The van der Waals surface area contributed by atoms with Gasteiger partial charge in [0, 0.05) is 6.07 Å². The molecule has 0 aromatic heterocycles. The Morgan fingerprint density at radius 1 is 1.52 bits per heavy atom. The molecule has 1 heterocycles. The van der Waals surface area contributed by atoms with Gasteiger partial charge in [0.2, 0.25) is 10.0 Å². The third kappa shape index (κ3) is 2.56. The predicted octanol–water partition coefficient (Wildman–Crippen LogP) is 2.05. The van der Waals surface area contributed by atoms with Gasteiger partial charge in [0.1, 0.15) is 17.7 Å². The molecule has 0 bridgehead atoms. The standard InChI is InChI=1S/C14H15FN2O3S/c1-10-7-17(12-3-2-11(15)6-13(12)20-10)21(18,19)9-14(8-16)4-5-14/h2-3,6,10H,4-5,7,9H2,1H3. The fourth-order valence-corrected chi connectivity index (χ4v) is 4.60. The van der Waals surface area contributed by atoms with Gasteiger partial charge < -0.3 is 4.74 Å². The molecule has 1 aliphatic carbocycles. The molecule has 0 saturated heterocycles. The van der Waals surface area contributed by atoms with E-state index in [1.807, 2.05) is 0 Å². The predicted molar refractivity (Wildman–Crippen MR) is 74.9 cm³/mol. The number of sulfonamides is 1. The molecule has 0 spiro atoms. The van der Waals surface area contributed by atoms with Crippen molar-refractivity contribution in [2.45, 2.75) is 25.9 Å². The van der Waals surface area contributed by atoms with Crippen molar-refractivity contribution < 1.29 is 17.5 Å². The molecule has 2 aliphatic rings. The quantitative estimate of drug-likeness (QED) is 0.856. The molecule has 3 rings (SSSR count). The average Bonchev–Trinajstić information content (AvgIpc) is 3.16. The average molecular weight is 310 g/mol. The van der Waals surface area contributed by atoms with Crippen molar-refractivity contribution in [3.05, 3.63) is 24.0 Å². The molecule has 21 heavy (non-hydrogen) atoms. The van der Waals surface area contributed by atoms with E-state index < -0.39 is 21.3 Å². The van der Waals surface area contributed by atoms with E-state index in [4.69, 9.17) is 10.00 Å². The van der Waals surface area contributed by atoms with Crippen molar-refractivity contribution in [1.29, 1.82) is 5.26 Å². The van der Waals surface area contributed by atoms with Gasteiger partial charge >= 0.3 is 0 Å². The summed E-state index contributed by atoms with van der Waals surface area (Å²) in [6.07, 6.45) is 0.851. The van der Waals surface area contributed by atoms with Gasteiger partial charge in [-0.1, -0.05) is 0 Å². The lowest BCUT2D eigenvalue weighted by Gasteiger charge is -2.34. The lowest BCUT2D eigenvalue weighted by Crippen LogP contribution is -2.44. The fourth-order valence-electron chi connectivity index (χ4n) is 2.50. The van der Waals surface area contributed by atoms with Gasteiger partial charge in [-0.15, -0.1) is 0 Å². The maximum Gasteiger partial charge on any atom is 0.236 e. The minimum absolute atomic E-state index is 0.169. The molecule has 7 heteroatoms. The van der Waals surface area contributed by atoms with Crippen LogP contribution < -0.4 is 9.04 Å². The SMILES string of the molecule is CC1CN(S(=O)(=O)CC2(C#N)CC2)c2ccc(F)cc2O1. The molecule has 0 N–H and O–H groups in total. The van der Waals surface area contributed by atoms with Crippen LogP contribution in [0.5, 0.6) is 5.75 Å². The van der Waals surface area contributed by atoms with Crippen LogP contribution in [0.2, 0.25) is 0 Å². The number of hydrogen-bond acceptors (Lipinski definition) is 4. The molecule has 112 valence electrons. The van der Waals surface area contributed by atoms with E-state index in [-0.39, 0.29) is 24.2 Å². The van der Waals surface area contributed by atoms with Gasteiger partial charge in [-0.2, -0.15) is 5.26 Å². The largest absolute Gasteiger partial charge is 0.487 e.